The van der Waals surface area contributed by atoms with Crippen LogP contribution in [0, 0.1) is 11.6 Å². The Kier molecular flexibility index (Phi) is 6.31. The molecule has 0 radical (unpaired) electrons. The fraction of sp³-hybridized carbons (Fsp3) is 0.364. The van der Waals surface area contributed by atoms with Gasteiger partial charge in [0.1, 0.15) is 49.6 Å². The molecule has 2 aliphatic rings. The molecule has 2 aromatic carbocycles. The molecular weight excluding hydrogens is 410 g/mol. The van der Waals surface area contributed by atoms with E-state index in [9.17, 15) is 18.4 Å². The maximum Gasteiger partial charge on any atom is 0.246 e. The van der Waals surface area contributed by atoms with Crippen molar-refractivity contribution in [1.29, 1.82) is 0 Å². The summed E-state index contributed by atoms with van der Waals surface area (Å²) in [5.41, 5.74) is 1.38. The molecule has 2 heterocycles. The van der Waals surface area contributed by atoms with E-state index in [2.05, 4.69) is 10.6 Å². The molecule has 2 amide bonds. The number of hydrogen-bond acceptors (Lipinski definition) is 5. The lowest BCUT2D eigenvalue weighted by atomic mass is 10.0. The van der Waals surface area contributed by atoms with E-state index in [0.717, 1.165) is 0 Å². The molecule has 2 atom stereocenters. The predicted molar refractivity (Wildman–Crippen MR) is 106 cm³/mol. The minimum atomic E-state index is -0.397. The van der Waals surface area contributed by atoms with Gasteiger partial charge >= 0.3 is 0 Å². The molecule has 2 aliphatic heterocycles. The Hall–Kier alpha value is -3.20. The lowest BCUT2D eigenvalue weighted by Gasteiger charge is -2.26. The molecule has 0 saturated carbocycles. The van der Waals surface area contributed by atoms with Gasteiger partial charge in [0, 0.05) is 0 Å². The number of hydrogen-bond donors (Lipinski definition) is 2. The predicted octanol–water partition coefficient (Wildman–Crippen LogP) is 1.52. The molecule has 0 fully saturated rings. The highest BCUT2D eigenvalue weighted by Crippen LogP contribution is 2.26. The minimum absolute atomic E-state index is 0.272. The van der Waals surface area contributed by atoms with Gasteiger partial charge in [-0.05, 0) is 60.4 Å². The van der Waals surface area contributed by atoms with Crippen LogP contribution in [0.15, 0.2) is 36.4 Å². The number of fused-ring (bicyclic) bond motifs is 2. The molecule has 31 heavy (non-hydrogen) atoms. The van der Waals surface area contributed by atoms with Crippen molar-refractivity contribution in [3.63, 3.8) is 0 Å². The molecule has 2 unspecified atom stereocenters. The number of nitrogens with one attached hydrogen (secondary N) is 2. The van der Waals surface area contributed by atoms with Crippen LogP contribution in [0.4, 0.5) is 8.78 Å². The van der Waals surface area contributed by atoms with E-state index >= 15 is 0 Å². The van der Waals surface area contributed by atoms with Gasteiger partial charge in [-0.3, -0.25) is 9.59 Å². The van der Waals surface area contributed by atoms with E-state index in [-0.39, 0.29) is 50.1 Å². The summed E-state index contributed by atoms with van der Waals surface area (Å²) in [6.07, 6.45) is 0.895. The smallest absolute Gasteiger partial charge is 0.246 e. The first-order chi connectivity index (χ1) is 15.0. The van der Waals surface area contributed by atoms with Crippen molar-refractivity contribution in [3.8, 4) is 11.5 Å². The number of carbonyl (C=O) groups excluding carboxylic acids is 2. The summed E-state index contributed by atoms with van der Waals surface area (Å²) in [6.45, 7) is -0.0481. The molecule has 2 N–H and O–H groups in total. The van der Waals surface area contributed by atoms with Crippen molar-refractivity contribution in [2.24, 2.45) is 0 Å². The molecule has 9 heteroatoms. The lowest BCUT2D eigenvalue weighted by molar-refractivity contribution is -0.132. The average molecular weight is 432 g/mol. The van der Waals surface area contributed by atoms with Crippen molar-refractivity contribution in [3.05, 3.63) is 59.2 Å². The number of carbonyl (C=O) groups is 2. The molecule has 0 spiro atoms. The number of rotatable bonds is 6. The summed E-state index contributed by atoms with van der Waals surface area (Å²) < 4.78 is 43.0. The monoisotopic (exact) mass is 432 g/mol. The summed E-state index contributed by atoms with van der Waals surface area (Å²) in [5, 5.41) is 5.50. The van der Waals surface area contributed by atoms with Gasteiger partial charge in [0.15, 0.2) is 0 Å². The number of ether oxygens (including phenoxy) is 3. The molecule has 164 valence electrons. The molecule has 0 aromatic heterocycles. The summed E-state index contributed by atoms with van der Waals surface area (Å²) in [6, 6.07) is 7.94. The third-order valence-corrected chi connectivity index (χ3v) is 5.05. The van der Waals surface area contributed by atoms with Crippen molar-refractivity contribution < 1.29 is 32.6 Å². The van der Waals surface area contributed by atoms with Crippen LogP contribution < -0.4 is 20.1 Å². The van der Waals surface area contributed by atoms with Crippen molar-refractivity contribution in [2.75, 3.05) is 26.4 Å². The van der Waals surface area contributed by atoms with Gasteiger partial charge in [0.25, 0.3) is 0 Å². The Morgan fingerprint density at radius 1 is 0.839 bits per heavy atom. The fourth-order valence-corrected chi connectivity index (χ4v) is 3.69. The highest BCUT2D eigenvalue weighted by atomic mass is 19.1. The molecule has 0 saturated heterocycles. The van der Waals surface area contributed by atoms with Gasteiger partial charge in [-0.1, -0.05) is 0 Å². The van der Waals surface area contributed by atoms with Gasteiger partial charge in [0.2, 0.25) is 11.8 Å². The van der Waals surface area contributed by atoms with E-state index in [4.69, 9.17) is 14.2 Å². The number of halogens is 2. The standard InChI is InChI=1S/C22H22F2N2O5/c23-15-1-3-19-13(5-15)7-17(9-30-19)25-21(27)11-29-12-22(28)26-18-8-14-6-16(24)2-4-20(14)31-10-18/h1-6,17-18H,7-12H2,(H,25,27)(H,26,28). The molecular formula is C22H22F2N2O5. The van der Waals surface area contributed by atoms with Gasteiger partial charge in [0.05, 0.1) is 12.1 Å². The van der Waals surface area contributed by atoms with Crippen LogP contribution in [0.25, 0.3) is 0 Å². The minimum Gasteiger partial charge on any atom is -0.491 e. The summed E-state index contributed by atoms with van der Waals surface area (Å²) in [7, 11) is 0. The Balaban J connectivity index is 1.17. The molecule has 7 nitrogen and oxygen atoms in total. The Morgan fingerprint density at radius 3 is 1.74 bits per heavy atom. The second kappa shape index (κ2) is 9.30. The third kappa shape index (κ3) is 5.49. The van der Waals surface area contributed by atoms with E-state index in [1.54, 1.807) is 12.1 Å². The maximum absolute atomic E-state index is 13.4. The summed E-state index contributed by atoms with van der Waals surface area (Å²) in [4.78, 5) is 24.2. The zero-order valence-corrected chi connectivity index (χ0v) is 16.7. The van der Waals surface area contributed by atoms with E-state index in [1.807, 2.05) is 0 Å². The highest BCUT2D eigenvalue weighted by Gasteiger charge is 2.23. The van der Waals surface area contributed by atoms with Gasteiger partial charge < -0.3 is 24.8 Å². The van der Waals surface area contributed by atoms with Crippen LogP contribution >= 0.6 is 0 Å². The molecule has 2 aromatic rings. The number of amides is 2. The van der Waals surface area contributed by atoms with Crippen molar-refractivity contribution >= 4 is 11.8 Å². The lowest BCUT2D eigenvalue weighted by Crippen LogP contribution is -2.46. The topological polar surface area (TPSA) is 85.9 Å². The normalized spacial score (nSPS) is 19.3. The summed E-state index contributed by atoms with van der Waals surface area (Å²) >= 11 is 0. The molecule has 4 rings (SSSR count). The average Bonchev–Trinajstić information content (AvgIpc) is 2.73. The van der Waals surface area contributed by atoms with E-state index in [1.165, 1.54) is 24.3 Å². The molecule has 0 bridgehead atoms. The second-order valence-electron chi connectivity index (χ2n) is 7.56. The van der Waals surface area contributed by atoms with Crippen LogP contribution in [-0.4, -0.2) is 50.3 Å². The van der Waals surface area contributed by atoms with Gasteiger partial charge in [-0.25, -0.2) is 8.78 Å². The van der Waals surface area contributed by atoms with Crippen LogP contribution in [-0.2, 0) is 27.2 Å². The largest absolute Gasteiger partial charge is 0.491 e. The Bertz CT molecular complexity index is 907. The maximum atomic E-state index is 13.4. The first kappa shape index (κ1) is 21.0. The number of benzene rings is 2. The second-order valence-corrected chi connectivity index (χ2v) is 7.56. The van der Waals surface area contributed by atoms with Gasteiger partial charge in [-0.15, -0.1) is 0 Å². The van der Waals surface area contributed by atoms with Crippen LogP contribution in [0.2, 0.25) is 0 Å². The van der Waals surface area contributed by atoms with Crippen molar-refractivity contribution in [2.45, 2.75) is 24.9 Å². The van der Waals surface area contributed by atoms with Gasteiger partial charge in [-0.2, -0.15) is 0 Å². The fourth-order valence-electron chi connectivity index (χ4n) is 3.69. The first-order valence-electron chi connectivity index (χ1n) is 9.95. The van der Waals surface area contributed by atoms with Crippen LogP contribution in [0.3, 0.4) is 0 Å². The highest BCUT2D eigenvalue weighted by molar-refractivity contribution is 5.80. The molecule has 0 aliphatic carbocycles. The SMILES string of the molecule is O=C(COCC(=O)NC1COc2ccc(F)cc2C1)NC1COc2ccc(F)cc2C1. The zero-order chi connectivity index (χ0) is 21.8. The van der Waals surface area contributed by atoms with E-state index in [0.29, 0.717) is 35.5 Å². The zero-order valence-electron chi connectivity index (χ0n) is 16.7. The summed E-state index contributed by atoms with van der Waals surface area (Å²) in [5.74, 6) is -0.298. The first-order valence-corrected chi connectivity index (χ1v) is 9.95. The van der Waals surface area contributed by atoms with Crippen molar-refractivity contribution in [1.82, 2.24) is 10.6 Å². The van der Waals surface area contributed by atoms with E-state index < -0.39 is 11.8 Å². The third-order valence-electron chi connectivity index (χ3n) is 5.05. The van der Waals surface area contributed by atoms with Crippen LogP contribution in [0.5, 0.6) is 11.5 Å². The van der Waals surface area contributed by atoms with Crippen LogP contribution in [0.1, 0.15) is 11.1 Å². The Labute approximate surface area is 177 Å². The quantitative estimate of drug-likeness (QED) is 0.723. The Morgan fingerprint density at radius 2 is 1.29 bits per heavy atom.